The first-order valence-electron chi connectivity index (χ1n) is 12.5. The summed E-state index contributed by atoms with van der Waals surface area (Å²) < 4.78 is 0. The molecule has 5 unspecified atom stereocenters. The number of para-hydroxylation sites is 1. The predicted molar refractivity (Wildman–Crippen MR) is 146 cm³/mol. The fourth-order valence-electron chi connectivity index (χ4n) is 4.03. The molecule has 3 amide bonds. The van der Waals surface area contributed by atoms with Gasteiger partial charge < -0.3 is 31.8 Å². The molecule has 0 aliphatic rings. The lowest BCUT2D eigenvalue weighted by Gasteiger charge is -2.27. The average Bonchev–Trinajstić information content (AvgIpc) is 3.26. The second-order valence-electron chi connectivity index (χ2n) is 9.81. The predicted octanol–water partition coefficient (Wildman–Crippen LogP) is 1.60. The molecule has 1 aromatic heterocycles. The summed E-state index contributed by atoms with van der Waals surface area (Å²) >= 11 is 4.19. The van der Waals surface area contributed by atoms with Gasteiger partial charge in [-0.15, -0.1) is 0 Å². The summed E-state index contributed by atoms with van der Waals surface area (Å²) in [5.41, 5.74) is 7.58. The summed E-state index contributed by atoms with van der Waals surface area (Å²) in [6.45, 7) is 7.60. The molecular formula is C26H39N5O5S. The lowest BCUT2D eigenvalue weighted by molar-refractivity contribution is -0.142. The largest absolute Gasteiger partial charge is 0.480 e. The molecular weight excluding hydrogens is 494 g/mol. The van der Waals surface area contributed by atoms with E-state index in [1.54, 1.807) is 6.20 Å². The zero-order valence-electron chi connectivity index (χ0n) is 21.8. The van der Waals surface area contributed by atoms with Crippen molar-refractivity contribution in [3.05, 3.63) is 36.0 Å². The second kappa shape index (κ2) is 14.0. The van der Waals surface area contributed by atoms with Gasteiger partial charge in [0.1, 0.15) is 18.1 Å². The number of hydrogen-bond donors (Lipinski definition) is 7. The van der Waals surface area contributed by atoms with Crippen LogP contribution in [0.5, 0.6) is 0 Å². The zero-order valence-corrected chi connectivity index (χ0v) is 22.7. The van der Waals surface area contributed by atoms with Crippen molar-refractivity contribution in [2.75, 3.05) is 5.75 Å². The van der Waals surface area contributed by atoms with Crippen LogP contribution in [0.25, 0.3) is 10.9 Å². The van der Waals surface area contributed by atoms with E-state index in [-0.39, 0.29) is 24.0 Å². The summed E-state index contributed by atoms with van der Waals surface area (Å²) in [6, 6.07) is 3.47. The van der Waals surface area contributed by atoms with E-state index in [1.807, 2.05) is 52.0 Å². The number of hydrogen-bond acceptors (Lipinski definition) is 6. The van der Waals surface area contributed by atoms with Crippen molar-refractivity contribution in [3.8, 4) is 0 Å². The van der Waals surface area contributed by atoms with Crippen molar-refractivity contribution >= 4 is 47.2 Å². The number of nitrogens with one attached hydrogen (secondary N) is 4. The number of carbonyl (C=O) groups is 4. The highest BCUT2D eigenvalue weighted by Gasteiger charge is 2.32. The van der Waals surface area contributed by atoms with Crippen LogP contribution in [0, 0.1) is 11.8 Å². The zero-order chi connectivity index (χ0) is 27.7. The molecule has 37 heavy (non-hydrogen) atoms. The number of aliphatic carboxylic acids is 1. The molecule has 2 aromatic rings. The normalized spacial score (nSPS) is 15.4. The average molecular weight is 534 g/mol. The van der Waals surface area contributed by atoms with Gasteiger partial charge in [-0.25, -0.2) is 4.79 Å². The van der Waals surface area contributed by atoms with E-state index in [2.05, 4.69) is 33.6 Å². The maximum atomic E-state index is 13.1. The van der Waals surface area contributed by atoms with Crippen molar-refractivity contribution in [1.29, 1.82) is 0 Å². The van der Waals surface area contributed by atoms with E-state index in [9.17, 15) is 24.3 Å². The van der Waals surface area contributed by atoms with Crippen LogP contribution in [0.1, 0.15) is 46.1 Å². The Morgan fingerprint density at radius 3 is 2.24 bits per heavy atom. The molecule has 0 fully saturated rings. The van der Waals surface area contributed by atoms with Crippen LogP contribution in [0.15, 0.2) is 30.5 Å². The first-order valence-corrected chi connectivity index (χ1v) is 13.2. The fraction of sp³-hybridized carbons (Fsp3) is 0.538. The molecule has 0 aliphatic carbocycles. The Kier molecular flexibility index (Phi) is 11.4. The number of carbonyl (C=O) groups excluding carboxylic acids is 3. The molecule has 0 spiro atoms. The number of amides is 3. The maximum absolute atomic E-state index is 13.1. The molecule has 5 atom stereocenters. The highest BCUT2D eigenvalue weighted by molar-refractivity contribution is 7.80. The van der Waals surface area contributed by atoms with Crippen molar-refractivity contribution in [2.24, 2.45) is 17.6 Å². The number of carboxylic acid groups (broad SMARTS) is 1. The van der Waals surface area contributed by atoms with Crippen LogP contribution in [-0.4, -0.2) is 63.7 Å². The minimum Gasteiger partial charge on any atom is -0.480 e. The molecule has 2 rings (SSSR count). The Morgan fingerprint density at radius 2 is 1.65 bits per heavy atom. The molecule has 1 aromatic carbocycles. The molecule has 7 N–H and O–H groups in total. The number of aromatic nitrogens is 1. The monoisotopic (exact) mass is 533 g/mol. The third-order valence-corrected chi connectivity index (χ3v) is 6.75. The Morgan fingerprint density at radius 1 is 1.00 bits per heavy atom. The lowest BCUT2D eigenvalue weighted by atomic mass is 9.96. The smallest absolute Gasteiger partial charge is 0.326 e. The minimum atomic E-state index is -1.22. The number of aromatic amines is 1. The highest BCUT2D eigenvalue weighted by atomic mass is 32.1. The van der Waals surface area contributed by atoms with Gasteiger partial charge in [0.25, 0.3) is 0 Å². The molecule has 204 valence electrons. The third-order valence-electron chi connectivity index (χ3n) is 6.38. The molecule has 0 radical (unpaired) electrons. The number of H-pyrrole nitrogens is 1. The SMILES string of the molecule is CCC(C)C(NC(=O)C(N)CC(C)C)C(=O)NC(CS)C(=O)NC(Cc1c[nH]c2ccccc12)C(=O)O. The summed E-state index contributed by atoms with van der Waals surface area (Å²) in [6.07, 6.45) is 2.84. The van der Waals surface area contributed by atoms with Gasteiger partial charge in [-0.05, 0) is 29.9 Å². The number of benzene rings is 1. The van der Waals surface area contributed by atoms with Gasteiger partial charge in [0.05, 0.1) is 6.04 Å². The van der Waals surface area contributed by atoms with E-state index in [1.165, 1.54) is 0 Å². The van der Waals surface area contributed by atoms with Crippen molar-refractivity contribution in [3.63, 3.8) is 0 Å². The third kappa shape index (κ3) is 8.50. The first kappa shape index (κ1) is 30.2. The molecule has 11 heteroatoms. The van der Waals surface area contributed by atoms with Gasteiger partial charge >= 0.3 is 5.97 Å². The van der Waals surface area contributed by atoms with Crippen molar-refractivity contribution in [1.82, 2.24) is 20.9 Å². The standard InChI is InChI=1S/C26H39N5O5S/c1-5-15(4)22(31-23(32)18(27)10-14(2)3)25(34)30-21(13-37)24(33)29-20(26(35)36)11-16-12-28-19-9-7-6-8-17(16)19/h6-9,12,14-15,18,20-22,28,37H,5,10-11,13,27H2,1-4H3,(H,29,33)(H,30,34)(H,31,32)(H,35,36). The highest BCUT2D eigenvalue weighted by Crippen LogP contribution is 2.19. The second-order valence-corrected chi connectivity index (χ2v) is 10.2. The van der Waals surface area contributed by atoms with E-state index >= 15 is 0 Å². The van der Waals surface area contributed by atoms with E-state index in [0.29, 0.717) is 12.8 Å². The van der Waals surface area contributed by atoms with Gasteiger partial charge in [0.2, 0.25) is 17.7 Å². The Balaban J connectivity index is 2.10. The number of fused-ring (bicyclic) bond motifs is 1. The first-order chi connectivity index (χ1) is 17.5. The topological polar surface area (TPSA) is 166 Å². The summed E-state index contributed by atoms with van der Waals surface area (Å²) in [4.78, 5) is 53.7. The van der Waals surface area contributed by atoms with Crippen LogP contribution >= 0.6 is 12.6 Å². The number of rotatable bonds is 14. The number of nitrogens with two attached hydrogens (primary N) is 1. The Bertz CT molecular complexity index is 1090. The van der Waals surface area contributed by atoms with Crippen LogP contribution in [0.4, 0.5) is 0 Å². The summed E-state index contributed by atoms with van der Waals surface area (Å²) in [5, 5.41) is 18.5. The molecule has 0 bridgehead atoms. The number of carboxylic acids is 1. The van der Waals surface area contributed by atoms with E-state index in [4.69, 9.17) is 5.73 Å². The van der Waals surface area contributed by atoms with Crippen LogP contribution < -0.4 is 21.7 Å². The molecule has 0 saturated carbocycles. The van der Waals surface area contributed by atoms with Crippen molar-refractivity contribution < 1.29 is 24.3 Å². The van der Waals surface area contributed by atoms with Gasteiger partial charge in [-0.2, -0.15) is 12.6 Å². The quantitative estimate of drug-likeness (QED) is 0.182. The van der Waals surface area contributed by atoms with Crippen LogP contribution in [-0.2, 0) is 25.6 Å². The molecule has 10 nitrogen and oxygen atoms in total. The Hall–Kier alpha value is -3.05. The summed E-state index contributed by atoms with van der Waals surface area (Å²) in [5.74, 6) is -2.96. The van der Waals surface area contributed by atoms with E-state index in [0.717, 1.165) is 16.5 Å². The van der Waals surface area contributed by atoms with Gasteiger partial charge in [0, 0.05) is 29.3 Å². The summed E-state index contributed by atoms with van der Waals surface area (Å²) in [7, 11) is 0. The Labute approximate surface area is 222 Å². The molecule has 0 saturated heterocycles. The van der Waals surface area contributed by atoms with Gasteiger partial charge in [0.15, 0.2) is 0 Å². The van der Waals surface area contributed by atoms with Crippen molar-refractivity contribution in [2.45, 2.75) is 71.1 Å². The van der Waals surface area contributed by atoms with Gasteiger partial charge in [-0.3, -0.25) is 14.4 Å². The number of thiol groups is 1. The lowest BCUT2D eigenvalue weighted by Crippen LogP contribution is -2.59. The minimum absolute atomic E-state index is 0.0532. The maximum Gasteiger partial charge on any atom is 0.326 e. The fourth-order valence-corrected chi connectivity index (χ4v) is 4.28. The molecule has 1 heterocycles. The van der Waals surface area contributed by atoms with Crippen LogP contribution in [0.3, 0.4) is 0 Å². The van der Waals surface area contributed by atoms with Gasteiger partial charge in [-0.1, -0.05) is 52.3 Å². The molecule has 0 aliphatic heterocycles. The van der Waals surface area contributed by atoms with E-state index < -0.39 is 47.9 Å². The van der Waals surface area contributed by atoms with Crippen LogP contribution in [0.2, 0.25) is 0 Å².